The minimum atomic E-state index is -0.264. The fourth-order valence-corrected chi connectivity index (χ4v) is 3.23. The van der Waals surface area contributed by atoms with E-state index in [2.05, 4.69) is 35.1 Å². The molecule has 0 fully saturated rings. The van der Waals surface area contributed by atoms with E-state index in [1.165, 1.54) is 17.0 Å². The second kappa shape index (κ2) is 9.19. The van der Waals surface area contributed by atoms with Crippen molar-refractivity contribution in [3.8, 4) is 11.3 Å². The van der Waals surface area contributed by atoms with E-state index in [0.717, 1.165) is 35.6 Å². The molecule has 0 saturated carbocycles. The van der Waals surface area contributed by atoms with Crippen LogP contribution in [0.3, 0.4) is 0 Å². The van der Waals surface area contributed by atoms with Crippen LogP contribution >= 0.6 is 0 Å². The molecule has 2 aromatic carbocycles. The smallest absolute Gasteiger partial charge is 0.254 e. The van der Waals surface area contributed by atoms with Crippen LogP contribution in [0.15, 0.2) is 65.7 Å². The Labute approximate surface area is 170 Å². The summed E-state index contributed by atoms with van der Waals surface area (Å²) in [6.45, 7) is 7.96. The number of carbonyl (C=O) groups is 1. The lowest BCUT2D eigenvalue weighted by Gasteiger charge is -2.22. The highest BCUT2D eigenvalue weighted by atomic mass is 16.2. The standard InChI is InChI=1S/C23H26N4O2/c1-4-26(5-2)19-11-12-20(17(3)13-19)25-22(28)15-27-16-24-21(14-23(27)29)18-9-7-6-8-10-18/h6-14,16H,4-5,15H2,1-3H3,(H,25,28). The molecule has 6 heteroatoms. The number of hydrogen-bond acceptors (Lipinski definition) is 4. The van der Waals surface area contributed by atoms with E-state index >= 15 is 0 Å². The van der Waals surface area contributed by atoms with Gasteiger partial charge in [0.05, 0.1) is 12.0 Å². The Morgan fingerprint density at radius 1 is 1.07 bits per heavy atom. The van der Waals surface area contributed by atoms with Crippen molar-refractivity contribution < 1.29 is 4.79 Å². The first-order chi connectivity index (χ1) is 14.0. The summed E-state index contributed by atoms with van der Waals surface area (Å²) in [6, 6.07) is 16.9. The van der Waals surface area contributed by atoms with Crippen molar-refractivity contribution in [2.75, 3.05) is 23.3 Å². The van der Waals surface area contributed by atoms with Crippen LogP contribution < -0.4 is 15.8 Å². The van der Waals surface area contributed by atoms with Crippen LogP contribution in [0, 0.1) is 6.92 Å². The van der Waals surface area contributed by atoms with Gasteiger partial charge in [-0.1, -0.05) is 30.3 Å². The topological polar surface area (TPSA) is 67.2 Å². The lowest BCUT2D eigenvalue weighted by Crippen LogP contribution is -2.27. The van der Waals surface area contributed by atoms with Crippen LogP contribution in [0.25, 0.3) is 11.3 Å². The Balaban J connectivity index is 1.70. The molecule has 3 aromatic rings. The van der Waals surface area contributed by atoms with Gasteiger partial charge in [-0.3, -0.25) is 14.2 Å². The number of anilines is 2. The lowest BCUT2D eigenvalue weighted by atomic mass is 10.1. The van der Waals surface area contributed by atoms with E-state index in [1.54, 1.807) is 0 Å². The number of aryl methyl sites for hydroxylation is 1. The summed E-state index contributed by atoms with van der Waals surface area (Å²) < 4.78 is 1.31. The Hall–Kier alpha value is -3.41. The molecule has 1 N–H and O–H groups in total. The van der Waals surface area contributed by atoms with E-state index in [1.807, 2.05) is 49.4 Å². The van der Waals surface area contributed by atoms with E-state index in [-0.39, 0.29) is 18.0 Å². The summed E-state index contributed by atoms with van der Waals surface area (Å²) in [5.74, 6) is -0.264. The number of aromatic nitrogens is 2. The molecule has 6 nitrogen and oxygen atoms in total. The summed E-state index contributed by atoms with van der Waals surface area (Å²) in [7, 11) is 0. The van der Waals surface area contributed by atoms with Crippen molar-refractivity contribution in [2.24, 2.45) is 0 Å². The van der Waals surface area contributed by atoms with Crippen molar-refractivity contribution in [3.05, 3.63) is 76.8 Å². The van der Waals surface area contributed by atoms with Crippen molar-refractivity contribution in [1.82, 2.24) is 9.55 Å². The zero-order valence-electron chi connectivity index (χ0n) is 17.1. The predicted octanol–water partition coefficient (Wildman–Crippen LogP) is 3.70. The molecule has 1 heterocycles. The highest BCUT2D eigenvalue weighted by Crippen LogP contribution is 2.22. The Bertz CT molecular complexity index is 1040. The highest BCUT2D eigenvalue weighted by Gasteiger charge is 2.10. The quantitative estimate of drug-likeness (QED) is 0.668. The molecule has 1 aromatic heterocycles. The zero-order valence-corrected chi connectivity index (χ0v) is 17.1. The van der Waals surface area contributed by atoms with Crippen LogP contribution in [-0.2, 0) is 11.3 Å². The minimum Gasteiger partial charge on any atom is -0.372 e. The number of rotatable bonds is 7. The second-order valence-corrected chi connectivity index (χ2v) is 6.83. The van der Waals surface area contributed by atoms with Crippen LogP contribution in [0.4, 0.5) is 11.4 Å². The van der Waals surface area contributed by atoms with Crippen molar-refractivity contribution in [3.63, 3.8) is 0 Å². The summed E-state index contributed by atoms with van der Waals surface area (Å²) >= 11 is 0. The molecule has 0 unspecified atom stereocenters. The van der Waals surface area contributed by atoms with Gasteiger partial charge in [-0.25, -0.2) is 4.98 Å². The molecular weight excluding hydrogens is 364 g/mol. The second-order valence-electron chi connectivity index (χ2n) is 6.83. The third-order valence-electron chi connectivity index (χ3n) is 4.88. The van der Waals surface area contributed by atoms with Gasteiger partial charge in [0.1, 0.15) is 6.54 Å². The maximum absolute atomic E-state index is 12.5. The lowest BCUT2D eigenvalue weighted by molar-refractivity contribution is -0.116. The van der Waals surface area contributed by atoms with Gasteiger partial charge in [-0.2, -0.15) is 0 Å². The van der Waals surface area contributed by atoms with E-state index in [9.17, 15) is 9.59 Å². The van der Waals surface area contributed by atoms with Crippen LogP contribution in [0.1, 0.15) is 19.4 Å². The molecule has 29 heavy (non-hydrogen) atoms. The van der Waals surface area contributed by atoms with E-state index < -0.39 is 0 Å². The average Bonchev–Trinajstić information content (AvgIpc) is 2.73. The number of nitrogens with one attached hydrogen (secondary N) is 1. The first kappa shape index (κ1) is 20.3. The maximum Gasteiger partial charge on any atom is 0.254 e. The van der Waals surface area contributed by atoms with E-state index in [0.29, 0.717) is 5.69 Å². The van der Waals surface area contributed by atoms with Gasteiger partial charge in [0.15, 0.2) is 0 Å². The number of carbonyl (C=O) groups excluding carboxylic acids is 1. The van der Waals surface area contributed by atoms with Gasteiger partial charge in [0.25, 0.3) is 5.56 Å². The van der Waals surface area contributed by atoms with E-state index in [4.69, 9.17) is 0 Å². The molecule has 3 rings (SSSR count). The Morgan fingerprint density at radius 3 is 2.41 bits per heavy atom. The summed E-state index contributed by atoms with van der Waals surface area (Å²) in [6.07, 6.45) is 1.42. The number of amides is 1. The largest absolute Gasteiger partial charge is 0.372 e. The first-order valence-corrected chi connectivity index (χ1v) is 9.79. The molecule has 0 aliphatic carbocycles. The Morgan fingerprint density at radius 2 is 1.79 bits per heavy atom. The van der Waals surface area contributed by atoms with Crippen LogP contribution in [0.5, 0.6) is 0 Å². The number of benzene rings is 2. The van der Waals surface area contributed by atoms with Gasteiger partial charge < -0.3 is 10.2 Å². The maximum atomic E-state index is 12.5. The van der Waals surface area contributed by atoms with Gasteiger partial charge in [-0.05, 0) is 44.5 Å². The highest BCUT2D eigenvalue weighted by molar-refractivity contribution is 5.91. The molecule has 0 aliphatic rings. The third kappa shape index (κ3) is 4.90. The molecule has 0 aliphatic heterocycles. The van der Waals surface area contributed by atoms with Crippen molar-refractivity contribution in [2.45, 2.75) is 27.3 Å². The first-order valence-electron chi connectivity index (χ1n) is 9.79. The fraction of sp³-hybridized carbons (Fsp3) is 0.261. The molecule has 0 saturated heterocycles. The monoisotopic (exact) mass is 390 g/mol. The van der Waals surface area contributed by atoms with Crippen molar-refractivity contribution >= 4 is 17.3 Å². The van der Waals surface area contributed by atoms with Crippen LogP contribution in [0.2, 0.25) is 0 Å². The summed E-state index contributed by atoms with van der Waals surface area (Å²) in [5, 5.41) is 2.89. The predicted molar refractivity (Wildman–Crippen MR) is 117 cm³/mol. The molecule has 0 radical (unpaired) electrons. The zero-order chi connectivity index (χ0) is 20.8. The fourth-order valence-electron chi connectivity index (χ4n) is 3.23. The summed E-state index contributed by atoms with van der Waals surface area (Å²) in [4.78, 5) is 31.4. The Kier molecular flexibility index (Phi) is 6.44. The van der Waals surface area contributed by atoms with Crippen molar-refractivity contribution in [1.29, 1.82) is 0 Å². The average molecular weight is 390 g/mol. The normalized spacial score (nSPS) is 10.6. The number of nitrogens with zero attached hydrogens (tertiary/aromatic N) is 3. The van der Waals surface area contributed by atoms with Crippen LogP contribution in [-0.4, -0.2) is 28.5 Å². The van der Waals surface area contributed by atoms with Gasteiger partial charge in [0.2, 0.25) is 5.91 Å². The van der Waals surface area contributed by atoms with Gasteiger partial charge in [-0.15, -0.1) is 0 Å². The van der Waals surface area contributed by atoms with Gasteiger partial charge in [0, 0.05) is 36.1 Å². The molecular formula is C23H26N4O2. The SMILES string of the molecule is CCN(CC)c1ccc(NC(=O)Cn2cnc(-c3ccccc3)cc2=O)c(C)c1. The van der Waals surface area contributed by atoms with Gasteiger partial charge >= 0.3 is 0 Å². The number of hydrogen-bond donors (Lipinski definition) is 1. The third-order valence-corrected chi connectivity index (χ3v) is 4.88. The molecule has 0 atom stereocenters. The molecule has 150 valence electrons. The summed E-state index contributed by atoms with van der Waals surface area (Å²) in [5.41, 5.74) is 4.05. The minimum absolute atomic E-state index is 0.0852. The molecule has 0 bridgehead atoms. The molecule has 1 amide bonds. The molecule has 0 spiro atoms.